The molecular weight excluding hydrogens is 551 g/mol. The number of carboxylic acid groups (broad SMARTS) is 1. The van der Waals surface area contributed by atoms with E-state index < -0.39 is 32.1 Å². The Morgan fingerprint density at radius 3 is 2.00 bits per heavy atom. The number of carbonyl (C=O) groups excluding carboxylic acids is 1. The van der Waals surface area contributed by atoms with Crippen LogP contribution in [0.4, 0.5) is 13.2 Å². The maximum Gasteiger partial charge on any atom is 0.501 e. The highest BCUT2D eigenvalue weighted by Crippen LogP contribution is 2.30. The average Bonchev–Trinajstić information content (AvgIpc) is 3.39. The molecule has 0 spiro atoms. The van der Waals surface area contributed by atoms with E-state index in [1.807, 2.05) is 0 Å². The van der Waals surface area contributed by atoms with E-state index in [4.69, 9.17) is 4.52 Å². The molecule has 1 amide bonds. The molecule has 1 heterocycles. The lowest BCUT2D eigenvalue weighted by Gasteiger charge is -2.21. The molecule has 1 aromatic heterocycles. The van der Waals surface area contributed by atoms with Gasteiger partial charge in [0.05, 0.1) is 4.90 Å². The van der Waals surface area contributed by atoms with E-state index in [0.717, 1.165) is 42.0 Å². The Balaban J connectivity index is 1.65. The minimum Gasteiger partial charge on any atom is -0.474 e. The Hall–Kier alpha value is -3.74. The molecule has 216 valence electrons. The van der Waals surface area contributed by atoms with Gasteiger partial charge in [-0.1, -0.05) is 68.4 Å². The van der Waals surface area contributed by atoms with Crippen LogP contribution in [0.1, 0.15) is 62.4 Å². The normalized spacial score (nSPS) is 11.9. The minimum absolute atomic E-state index is 0.124. The van der Waals surface area contributed by atoms with E-state index >= 15 is 0 Å². The van der Waals surface area contributed by atoms with Crippen molar-refractivity contribution in [1.29, 1.82) is 0 Å². The predicted molar refractivity (Wildman–Crippen MR) is 138 cm³/mol. The number of rotatable bonds is 13. The Morgan fingerprint density at radius 2 is 1.45 bits per heavy atom. The Bertz CT molecular complexity index is 1390. The van der Waals surface area contributed by atoms with E-state index in [2.05, 4.69) is 17.1 Å². The van der Waals surface area contributed by atoms with Gasteiger partial charge in [0.15, 0.2) is 5.82 Å². The number of aromatic nitrogens is 2. The molecule has 0 radical (unpaired) electrons. The lowest BCUT2D eigenvalue weighted by Crippen LogP contribution is -2.35. The van der Waals surface area contributed by atoms with Crippen molar-refractivity contribution in [2.45, 2.75) is 75.4 Å². The van der Waals surface area contributed by atoms with Gasteiger partial charge >= 0.3 is 17.4 Å². The van der Waals surface area contributed by atoms with Crippen molar-refractivity contribution in [3.63, 3.8) is 0 Å². The average molecular weight is 582 g/mol. The van der Waals surface area contributed by atoms with Gasteiger partial charge in [-0.3, -0.25) is 4.79 Å². The number of carboxylic acids is 1. The molecule has 0 aliphatic carbocycles. The summed E-state index contributed by atoms with van der Waals surface area (Å²) in [6, 6.07) is 10.4. The third kappa shape index (κ3) is 8.13. The molecule has 3 aromatic rings. The minimum atomic E-state index is -5.53. The number of alkyl halides is 3. The van der Waals surface area contributed by atoms with Crippen LogP contribution < -0.4 is 0 Å². The predicted octanol–water partition coefficient (Wildman–Crippen LogP) is 5.55. The monoisotopic (exact) mass is 581 g/mol. The summed E-state index contributed by atoms with van der Waals surface area (Å²) < 4.78 is 66.8. The Labute approximate surface area is 229 Å². The molecule has 0 saturated carbocycles. The van der Waals surface area contributed by atoms with Gasteiger partial charge in [-0.2, -0.15) is 18.2 Å². The Morgan fingerprint density at radius 1 is 0.900 bits per heavy atom. The van der Waals surface area contributed by atoms with Crippen molar-refractivity contribution >= 4 is 21.7 Å². The number of sulfone groups is 1. The summed E-state index contributed by atoms with van der Waals surface area (Å²) in [6.45, 7) is 1.77. The zero-order valence-corrected chi connectivity index (χ0v) is 22.7. The fourth-order valence-electron chi connectivity index (χ4n) is 3.97. The SMILES string of the molecule is CCCCCCCCc1noc(-c2ccc(CN(Cc3ccc(S(=O)(=O)C(F)(F)F)cc3)C(=O)C(=O)O)cc2)n1. The van der Waals surface area contributed by atoms with Crippen molar-refractivity contribution in [3.05, 3.63) is 65.5 Å². The topological polar surface area (TPSA) is 131 Å². The second-order valence-electron chi connectivity index (χ2n) is 9.29. The molecule has 1 N–H and O–H groups in total. The first-order chi connectivity index (χ1) is 18.9. The highest BCUT2D eigenvalue weighted by Gasteiger charge is 2.46. The summed E-state index contributed by atoms with van der Waals surface area (Å²) in [6.07, 6.45) is 7.59. The lowest BCUT2D eigenvalue weighted by molar-refractivity contribution is -0.156. The quantitative estimate of drug-likeness (QED) is 0.206. The first-order valence-electron chi connectivity index (χ1n) is 12.8. The summed E-state index contributed by atoms with van der Waals surface area (Å²) in [7, 11) is -5.53. The highest BCUT2D eigenvalue weighted by atomic mass is 32.2. The number of amides is 1. The van der Waals surface area contributed by atoms with Gasteiger partial charge in [0.2, 0.25) is 0 Å². The second kappa shape index (κ2) is 13.6. The van der Waals surface area contributed by atoms with Crippen LogP contribution >= 0.6 is 0 Å². The summed E-state index contributed by atoms with van der Waals surface area (Å²) in [5.41, 5.74) is -4.00. The molecular formula is C27H30F3N3O6S. The molecule has 0 aliphatic heterocycles. The maximum absolute atomic E-state index is 12.8. The smallest absolute Gasteiger partial charge is 0.474 e. The number of carbonyl (C=O) groups is 2. The molecule has 0 fully saturated rings. The van der Waals surface area contributed by atoms with Crippen LogP contribution in [0.15, 0.2) is 57.9 Å². The number of unbranched alkanes of at least 4 members (excludes halogenated alkanes) is 5. The first-order valence-corrected chi connectivity index (χ1v) is 14.2. The second-order valence-corrected chi connectivity index (χ2v) is 11.2. The van der Waals surface area contributed by atoms with Crippen molar-refractivity contribution in [2.75, 3.05) is 0 Å². The van der Waals surface area contributed by atoms with Crippen LogP contribution in [-0.2, 0) is 38.9 Å². The number of benzene rings is 2. The number of hydrogen-bond acceptors (Lipinski definition) is 7. The number of aliphatic carboxylic acids is 1. The van der Waals surface area contributed by atoms with Gasteiger partial charge in [0.25, 0.3) is 15.7 Å². The summed E-state index contributed by atoms with van der Waals surface area (Å²) in [5.74, 6) is -1.99. The molecule has 9 nitrogen and oxygen atoms in total. The summed E-state index contributed by atoms with van der Waals surface area (Å²) in [5, 5.41) is 13.3. The zero-order chi connectivity index (χ0) is 29.3. The summed E-state index contributed by atoms with van der Waals surface area (Å²) >= 11 is 0. The van der Waals surface area contributed by atoms with Crippen LogP contribution in [0.5, 0.6) is 0 Å². The van der Waals surface area contributed by atoms with Crippen molar-refractivity contribution in [2.24, 2.45) is 0 Å². The van der Waals surface area contributed by atoms with Gasteiger partial charge in [-0.15, -0.1) is 0 Å². The van der Waals surface area contributed by atoms with Crippen molar-refractivity contribution in [3.8, 4) is 11.5 Å². The highest BCUT2D eigenvalue weighted by molar-refractivity contribution is 7.92. The van der Waals surface area contributed by atoms with Crippen LogP contribution in [-0.4, -0.2) is 45.9 Å². The van der Waals surface area contributed by atoms with Crippen LogP contribution in [0.2, 0.25) is 0 Å². The fourth-order valence-corrected chi connectivity index (χ4v) is 4.73. The molecule has 13 heteroatoms. The molecule has 2 aromatic carbocycles. The fraction of sp³-hybridized carbons (Fsp3) is 0.407. The van der Waals surface area contributed by atoms with E-state index in [9.17, 15) is 36.3 Å². The van der Waals surface area contributed by atoms with Crippen LogP contribution in [0, 0.1) is 0 Å². The molecule has 0 bridgehead atoms. The third-order valence-corrected chi connectivity index (χ3v) is 7.68. The molecule has 0 unspecified atom stereocenters. The van der Waals surface area contributed by atoms with Gasteiger partial charge < -0.3 is 14.5 Å². The van der Waals surface area contributed by atoms with E-state index in [1.165, 1.54) is 25.7 Å². The van der Waals surface area contributed by atoms with Crippen molar-refractivity contribution < 1.29 is 40.8 Å². The van der Waals surface area contributed by atoms with Gasteiger partial charge in [0.1, 0.15) is 0 Å². The van der Waals surface area contributed by atoms with E-state index in [0.29, 0.717) is 29.3 Å². The van der Waals surface area contributed by atoms with Crippen LogP contribution in [0.25, 0.3) is 11.5 Å². The van der Waals surface area contributed by atoms with Crippen LogP contribution in [0.3, 0.4) is 0 Å². The van der Waals surface area contributed by atoms with E-state index in [-0.39, 0.29) is 18.7 Å². The number of nitrogens with zero attached hydrogens (tertiary/aromatic N) is 3. The standard InChI is InChI=1S/C27H30F3N3O6S/c1-2-3-4-5-6-7-8-23-31-24(39-32-23)21-13-9-19(10-14-21)17-33(25(34)26(35)36)18-20-11-15-22(16-12-20)40(37,38)27(28,29)30/h9-16H,2-8,17-18H2,1H3,(H,35,36). The van der Waals surface area contributed by atoms with Gasteiger partial charge in [-0.05, 0) is 41.8 Å². The van der Waals surface area contributed by atoms with Crippen molar-refractivity contribution in [1.82, 2.24) is 15.0 Å². The number of aryl methyl sites for hydroxylation is 1. The molecule has 0 atom stereocenters. The molecule has 40 heavy (non-hydrogen) atoms. The molecule has 3 rings (SSSR count). The zero-order valence-electron chi connectivity index (χ0n) is 21.9. The Kier molecular flexibility index (Phi) is 10.4. The summed E-state index contributed by atoms with van der Waals surface area (Å²) in [4.78, 5) is 28.1. The van der Waals surface area contributed by atoms with E-state index in [1.54, 1.807) is 24.3 Å². The third-order valence-electron chi connectivity index (χ3n) is 6.18. The first kappa shape index (κ1) is 30.8. The maximum atomic E-state index is 12.8. The van der Waals surface area contributed by atoms with Gasteiger partial charge in [-0.25, -0.2) is 13.2 Å². The molecule has 0 saturated heterocycles. The van der Waals surface area contributed by atoms with Gasteiger partial charge in [0, 0.05) is 25.1 Å². The number of halogens is 3. The number of hydrogen-bond donors (Lipinski definition) is 1. The lowest BCUT2D eigenvalue weighted by atomic mass is 10.1. The largest absolute Gasteiger partial charge is 0.501 e. The molecule has 0 aliphatic rings.